The molecule has 0 spiro atoms. The molecule has 1 atom stereocenters. The molecule has 8 heteroatoms. The van der Waals surface area contributed by atoms with Crippen LogP contribution in [-0.2, 0) is 11.3 Å². The molecule has 0 aliphatic rings. The van der Waals surface area contributed by atoms with E-state index in [0.29, 0.717) is 18.9 Å². The molecule has 1 aromatic carbocycles. The quantitative estimate of drug-likeness (QED) is 0.553. The SMILES string of the molecule is CSCC[C@H](Nc1nc(C)cc(C)n1)C(=O)NCc1nc2ccccc2[nH]1. The number of hydrogen-bond donors (Lipinski definition) is 3. The lowest BCUT2D eigenvalue weighted by Crippen LogP contribution is -2.40. The third-order valence-corrected chi connectivity index (χ3v) is 4.73. The molecule has 0 fully saturated rings. The van der Waals surface area contributed by atoms with Crippen LogP contribution in [0.2, 0.25) is 0 Å². The van der Waals surface area contributed by atoms with Gasteiger partial charge in [0.2, 0.25) is 11.9 Å². The maximum absolute atomic E-state index is 12.7. The number of fused-ring (bicyclic) bond motifs is 1. The Morgan fingerprint density at radius 2 is 1.93 bits per heavy atom. The number of rotatable bonds is 8. The van der Waals surface area contributed by atoms with Crippen molar-refractivity contribution < 1.29 is 4.79 Å². The Morgan fingerprint density at radius 3 is 2.63 bits per heavy atom. The number of para-hydroxylation sites is 2. The first kappa shape index (κ1) is 19.2. The molecule has 0 aliphatic heterocycles. The van der Waals surface area contributed by atoms with Crippen LogP contribution in [0.15, 0.2) is 30.3 Å². The summed E-state index contributed by atoms with van der Waals surface area (Å²) in [5.74, 6) is 1.99. The van der Waals surface area contributed by atoms with E-state index < -0.39 is 6.04 Å². The molecular formula is C19H24N6OS. The van der Waals surface area contributed by atoms with Crippen molar-refractivity contribution in [2.75, 3.05) is 17.3 Å². The average molecular weight is 385 g/mol. The largest absolute Gasteiger partial charge is 0.347 e. The molecule has 142 valence electrons. The number of carbonyl (C=O) groups excluding carboxylic acids is 1. The fourth-order valence-electron chi connectivity index (χ4n) is 2.83. The average Bonchev–Trinajstić information content (AvgIpc) is 3.05. The number of thioether (sulfide) groups is 1. The van der Waals surface area contributed by atoms with Crippen molar-refractivity contribution in [2.24, 2.45) is 0 Å². The maximum Gasteiger partial charge on any atom is 0.242 e. The molecule has 27 heavy (non-hydrogen) atoms. The number of imidazole rings is 1. The topological polar surface area (TPSA) is 95.6 Å². The van der Waals surface area contributed by atoms with Crippen LogP contribution in [0.25, 0.3) is 11.0 Å². The number of H-pyrrole nitrogens is 1. The van der Waals surface area contributed by atoms with Crippen molar-refractivity contribution in [3.63, 3.8) is 0 Å². The summed E-state index contributed by atoms with van der Waals surface area (Å²) >= 11 is 1.70. The number of carbonyl (C=O) groups is 1. The highest BCUT2D eigenvalue weighted by atomic mass is 32.2. The zero-order chi connectivity index (χ0) is 19.2. The summed E-state index contributed by atoms with van der Waals surface area (Å²) in [5.41, 5.74) is 3.59. The van der Waals surface area contributed by atoms with Gasteiger partial charge >= 0.3 is 0 Å². The molecule has 0 unspecified atom stereocenters. The Hall–Kier alpha value is -2.61. The third kappa shape index (κ3) is 5.19. The number of aromatic amines is 1. The molecule has 3 aromatic rings. The van der Waals surface area contributed by atoms with Gasteiger partial charge in [0.05, 0.1) is 17.6 Å². The molecule has 0 bridgehead atoms. The monoisotopic (exact) mass is 384 g/mol. The Bertz CT molecular complexity index is 872. The minimum Gasteiger partial charge on any atom is -0.347 e. The van der Waals surface area contributed by atoms with Crippen molar-refractivity contribution >= 4 is 34.7 Å². The third-order valence-electron chi connectivity index (χ3n) is 4.08. The number of anilines is 1. The van der Waals surface area contributed by atoms with Crippen LogP contribution >= 0.6 is 11.8 Å². The van der Waals surface area contributed by atoms with E-state index in [2.05, 4.69) is 30.6 Å². The molecule has 0 saturated carbocycles. The number of hydrogen-bond acceptors (Lipinski definition) is 6. The Morgan fingerprint density at radius 1 is 1.19 bits per heavy atom. The number of nitrogens with zero attached hydrogens (tertiary/aromatic N) is 3. The van der Waals surface area contributed by atoms with Crippen molar-refractivity contribution in [2.45, 2.75) is 32.9 Å². The molecule has 2 heterocycles. The van der Waals surface area contributed by atoms with Crippen molar-refractivity contribution in [1.29, 1.82) is 0 Å². The molecule has 1 amide bonds. The summed E-state index contributed by atoms with van der Waals surface area (Å²) in [4.78, 5) is 29.2. The maximum atomic E-state index is 12.7. The van der Waals surface area contributed by atoms with Crippen LogP contribution in [0.1, 0.15) is 23.6 Å². The van der Waals surface area contributed by atoms with E-state index in [4.69, 9.17) is 0 Å². The van der Waals surface area contributed by atoms with Gasteiger partial charge in [0.1, 0.15) is 11.9 Å². The second kappa shape index (κ2) is 8.85. The van der Waals surface area contributed by atoms with Crippen molar-refractivity contribution in [3.8, 4) is 0 Å². The van der Waals surface area contributed by atoms with Gasteiger partial charge < -0.3 is 15.6 Å². The first-order valence-corrected chi connectivity index (χ1v) is 10.2. The van der Waals surface area contributed by atoms with E-state index in [9.17, 15) is 4.79 Å². The number of benzene rings is 1. The van der Waals surface area contributed by atoms with Crippen LogP contribution < -0.4 is 10.6 Å². The predicted octanol–water partition coefficient (Wildman–Crippen LogP) is 2.82. The van der Waals surface area contributed by atoms with E-state index in [-0.39, 0.29) is 5.91 Å². The Labute approximate surface area is 162 Å². The van der Waals surface area contributed by atoms with Gasteiger partial charge in [-0.3, -0.25) is 4.79 Å². The van der Waals surface area contributed by atoms with E-state index >= 15 is 0 Å². The van der Waals surface area contributed by atoms with Crippen LogP contribution in [0.3, 0.4) is 0 Å². The summed E-state index contributed by atoms with van der Waals surface area (Å²) in [6.45, 7) is 4.18. The Kier molecular flexibility index (Phi) is 6.28. The molecule has 0 radical (unpaired) electrons. The van der Waals surface area contributed by atoms with E-state index in [1.165, 1.54) is 0 Å². The van der Waals surface area contributed by atoms with Gasteiger partial charge in [-0.2, -0.15) is 11.8 Å². The first-order chi connectivity index (χ1) is 13.0. The summed E-state index contributed by atoms with van der Waals surface area (Å²) < 4.78 is 0. The fraction of sp³-hybridized carbons (Fsp3) is 0.368. The Balaban J connectivity index is 1.66. The number of amides is 1. The summed E-state index contributed by atoms with van der Waals surface area (Å²) in [7, 11) is 0. The normalized spacial score (nSPS) is 12.1. The summed E-state index contributed by atoms with van der Waals surface area (Å²) in [6.07, 6.45) is 2.71. The number of aromatic nitrogens is 4. The lowest BCUT2D eigenvalue weighted by molar-refractivity contribution is -0.122. The molecule has 3 rings (SSSR count). The second-order valence-electron chi connectivity index (χ2n) is 6.37. The molecule has 2 aromatic heterocycles. The smallest absolute Gasteiger partial charge is 0.242 e. The van der Waals surface area contributed by atoms with Gasteiger partial charge in [-0.1, -0.05) is 12.1 Å². The van der Waals surface area contributed by atoms with Crippen LogP contribution in [0, 0.1) is 13.8 Å². The summed E-state index contributed by atoms with van der Waals surface area (Å²) in [6, 6.07) is 9.31. The standard InChI is InChI=1S/C19H24N6OS/c1-12-10-13(2)22-19(21-12)25-16(8-9-27-3)18(26)20-11-17-23-14-6-4-5-7-15(14)24-17/h4-7,10,16H,8-9,11H2,1-3H3,(H,20,26)(H,23,24)(H,21,22,25)/t16-/m0/s1. The highest BCUT2D eigenvalue weighted by molar-refractivity contribution is 7.98. The van der Waals surface area contributed by atoms with Crippen molar-refractivity contribution in [1.82, 2.24) is 25.3 Å². The van der Waals surface area contributed by atoms with Gasteiger partial charge in [-0.25, -0.2) is 15.0 Å². The van der Waals surface area contributed by atoms with Gasteiger partial charge in [-0.15, -0.1) is 0 Å². The van der Waals surface area contributed by atoms with Crippen LogP contribution in [0.5, 0.6) is 0 Å². The molecule has 3 N–H and O–H groups in total. The van der Waals surface area contributed by atoms with E-state index in [0.717, 1.165) is 34.0 Å². The molecule has 0 saturated heterocycles. The van der Waals surface area contributed by atoms with Gasteiger partial charge in [0.25, 0.3) is 0 Å². The zero-order valence-electron chi connectivity index (χ0n) is 15.7. The van der Waals surface area contributed by atoms with E-state index in [1.54, 1.807) is 11.8 Å². The first-order valence-electron chi connectivity index (χ1n) is 8.84. The molecule has 0 aliphatic carbocycles. The molecular weight excluding hydrogens is 360 g/mol. The highest BCUT2D eigenvalue weighted by Crippen LogP contribution is 2.12. The van der Waals surface area contributed by atoms with Crippen molar-refractivity contribution in [3.05, 3.63) is 47.5 Å². The van der Waals surface area contributed by atoms with E-state index in [1.807, 2.05) is 50.4 Å². The second-order valence-corrected chi connectivity index (χ2v) is 7.36. The zero-order valence-corrected chi connectivity index (χ0v) is 16.6. The lowest BCUT2D eigenvalue weighted by atomic mass is 10.2. The van der Waals surface area contributed by atoms with Gasteiger partial charge in [-0.05, 0) is 50.5 Å². The van der Waals surface area contributed by atoms with Gasteiger partial charge in [0.15, 0.2) is 0 Å². The fourth-order valence-corrected chi connectivity index (χ4v) is 3.31. The lowest BCUT2D eigenvalue weighted by Gasteiger charge is -2.18. The van der Waals surface area contributed by atoms with Crippen LogP contribution in [-0.4, -0.2) is 43.9 Å². The van der Waals surface area contributed by atoms with Crippen LogP contribution in [0.4, 0.5) is 5.95 Å². The summed E-state index contributed by atoms with van der Waals surface area (Å²) in [5, 5.41) is 6.14. The number of nitrogens with one attached hydrogen (secondary N) is 3. The highest BCUT2D eigenvalue weighted by Gasteiger charge is 2.19. The number of aryl methyl sites for hydroxylation is 2. The minimum atomic E-state index is -0.400. The molecule has 7 nitrogen and oxygen atoms in total. The minimum absolute atomic E-state index is 0.0905. The van der Waals surface area contributed by atoms with Gasteiger partial charge in [0, 0.05) is 11.4 Å². The predicted molar refractivity (Wildman–Crippen MR) is 110 cm³/mol.